The summed E-state index contributed by atoms with van der Waals surface area (Å²) in [5, 5.41) is 0. The van der Waals surface area contributed by atoms with Gasteiger partial charge >= 0.3 is 7.32 Å². The van der Waals surface area contributed by atoms with E-state index in [0.29, 0.717) is 19.6 Å². The molecule has 3 rings (SSSR count). The summed E-state index contributed by atoms with van der Waals surface area (Å²) >= 11 is 0. The van der Waals surface area contributed by atoms with Crippen LogP contribution in [-0.4, -0.2) is 51.0 Å². The zero-order valence-electron chi connectivity index (χ0n) is 7.40. The minimum Gasteiger partial charge on any atom is -0.485 e. The highest BCUT2D eigenvalue weighted by Gasteiger charge is 2.30. The molecule has 2 bridgehead atoms. The SMILES string of the molecule is O=C1CCN2CCOB(OCC2)O1. The first kappa shape index (κ1) is 8.99. The van der Waals surface area contributed by atoms with E-state index in [0.717, 1.165) is 19.6 Å². The Morgan fingerprint density at radius 2 is 1.85 bits per heavy atom. The number of hydrogen-bond donors (Lipinski definition) is 0. The molecule has 3 heterocycles. The van der Waals surface area contributed by atoms with Gasteiger partial charge in [0.25, 0.3) is 5.97 Å². The van der Waals surface area contributed by atoms with Gasteiger partial charge in [-0.2, -0.15) is 0 Å². The van der Waals surface area contributed by atoms with Gasteiger partial charge in [0.1, 0.15) is 0 Å². The maximum atomic E-state index is 11.1. The van der Waals surface area contributed by atoms with Crippen molar-refractivity contribution in [3.05, 3.63) is 0 Å². The van der Waals surface area contributed by atoms with Crippen molar-refractivity contribution >= 4 is 13.3 Å². The van der Waals surface area contributed by atoms with Crippen LogP contribution in [0.15, 0.2) is 0 Å². The molecule has 0 saturated carbocycles. The fraction of sp³-hybridized carbons (Fsp3) is 0.857. The van der Waals surface area contributed by atoms with Gasteiger partial charge < -0.3 is 14.0 Å². The molecule has 3 saturated heterocycles. The lowest BCUT2D eigenvalue weighted by Crippen LogP contribution is -2.38. The quantitative estimate of drug-likeness (QED) is 0.465. The number of carbonyl (C=O) groups excluding carboxylic acids is 1. The lowest BCUT2D eigenvalue weighted by Gasteiger charge is -2.22. The molecule has 0 N–H and O–H groups in total. The maximum Gasteiger partial charge on any atom is 0.715 e. The van der Waals surface area contributed by atoms with Gasteiger partial charge in [-0.05, 0) is 0 Å². The molecule has 0 aliphatic carbocycles. The summed E-state index contributed by atoms with van der Waals surface area (Å²) in [6.45, 7) is 3.53. The maximum absolute atomic E-state index is 11.1. The third-order valence-corrected chi connectivity index (χ3v) is 2.18. The first-order valence-corrected chi connectivity index (χ1v) is 4.49. The largest absolute Gasteiger partial charge is 0.715 e. The topological polar surface area (TPSA) is 48.0 Å². The molecule has 0 radical (unpaired) electrons. The van der Waals surface area contributed by atoms with Crippen LogP contribution in [-0.2, 0) is 18.8 Å². The molecule has 0 amide bonds. The van der Waals surface area contributed by atoms with E-state index in [-0.39, 0.29) is 5.97 Å². The van der Waals surface area contributed by atoms with Gasteiger partial charge in [-0.1, -0.05) is 0 Å². The van der Waals surface area contributed by atoms with Crippen LogP contribution in [0.1, 0.15) is 6.42 Å². The predicted octanol–water partition coefficient (Wildman–Crippen LogP) is -0.733. The number of fused-ring (bicyclic) bond motifs is 7. The molecule has 3 aliphatic heterocycles. The van der Waals surface area contributed by atoms with Gasteiger partial charge in [-0.15, -0.1) is 0 Å². The van der Waals surface area contributed by atoms with E-state index < -0.39 is 7.32 Å². The lowest BCUT2D eigenvalue weighted by molar-refractivity contribution is -0.137. The third kappa shape index (κ3) is 2.43. The smallest absolute Gasteiger partial charge is 0.485 e. The van der Waals surface area contributed by atoms with Gasteiger partial charge in [0.05, 0.1) is 6.42 Å². The highest BCUT2D eigenvalue weighted by atomic mass is 16.7. The van der Waals surface area contributed by atoms with Gasteiger partial charge in [-0.25, -0.2) is 0 Å². The minimum atomic E-state index is -0.784. The van der Waals surface area contributed by atoms with Gasteiger partial charge in [-0.3, -0.25) is 9.69 Å². The molecule has 0 atom stereocenters. The first-order chi connectivity index (χ1) is 6.34. The molecule has 6 heteroatoms. The van der Waals surface area contributed by atoms with Crippen LogP contribution in [0.4, 0.5) is 0 Å². The predicted molar refractivity (Wildman–Crippen MR) is 44.8 cm³/mol. The zero-order chi connectivity index (χ0) is 9.10. The van der Waals surface area contributed by atoms with Gasteiger partial charge in [0, 0.05) is 32.8 Å². The summed E-state index contributed by atoms with van der Waals surface area (Å²) in [6, 6.07) is 0. The number of rotatable bonds is 0. The Bertz CT molecular complexity index is 191. The number of hydrogen-bond acceptors (Lipinski definition) is 5. The summed E-state index contributed by atoms with van der Waals surface area (Å²) in [5.41, 5.74) is 0. The second kappa shape index (κ2) is 4.08. The molecule has 0 aromatic heterocycles. The zero-order valence-corrected chi connectivity index (χ0v) is 7.40. The molecule has 0 aromatic carbocycles. The highest BCUT2D eigenvalue weighted by molar-refractivity contribution is 6.39. The first-order valence-electron chi connectivity index (χ1n) is 4.49. The van der Waals surface area contributed by atoms with Crippen molar-refractivity contribution < 1.29 is 18.8 Å². The Hall–Kier alpha value is -0.585. The van der Waals surface area contributed by atoms with Gasteiger partial charge in [0.15, 0.2) is 0 Å². The molecule has 13 heavy (non-hydrogen) atoms. The molecular formula is C7H12BNO4. The van der Waals surface area contributed by atoms with Crippen LogP contribution in [0, 0.1) is 0 Å². The Morgan fingerprint density at radius 3 is 2.54 bits per heavy atom. The van der Waals surface area contributed by atoms with Crippen molar-refractivity contribution in [2.45, 2.75) is 6.42 Å². The fourth-order valence-corrected chi connectivity index (χ4v) is 1.42. The summed E-state index contributed by atoms with van der Waals surface area (Å²) in [5.74, 6) is -0.251. The normalized spacial score (nSPS) is 25.8. The van der Waals surface area contributed by atoms with Crippen LogP contribution in [0.5, 0.6) is 0 Å². The van der Waals surface area contributed by atoms with E-state index in [1.165, 1.54) is 0 Å². The Labute approximate surface area is 77.1 Å². The second-order valence-corrected chi connectivity index (χ2v) is 3.11. The highest BCUT2D eigenvalue weighted by Crippen LogP contribution is 2.06. The molecule has 72 valence electrons. The Balaban J connectivity index is 2.05. The summed E-state index contributed by atoms with van der Waals surface area (Å²) in [4.78, 5) is 13.3. The van der Waals surface area contributed by atoms with Crippen molar-refractivity contribution in [2.75, 3.05) is 32.8 Å². The Kier molecular flexibility index (Phi) is 2.82. The molecule has 3 fully saturated rings. The minimum absolute atomic E-state index is 0.251. The van der Waals surface area contributed by atoms with Crippen molar-refractivity contribution in [3.8, 4) is 0 Å². The number of nitrogens with zero attached hydrogens (tertiary/aromatic N) is 1. The van der Waals surface area contributed by atoms with E-state index in [9.17, 15) is 4.79 Å². The average Bonchev–Trinajstić information content (AvgIpc) is 2.18. The Morgan fingerprint density at radius 1 is 1.15 bits per heavy atom. The fourth-order valence-electron chi connectivity index (χ4n) is 1.42. The number of carbonyl (C=O) groups is 1. The van der Waals surface area contributed by atoms with E-state index in [4.69, 9.17) is 14.0 Å². The molecular weight excluding hydrogens is 173 g/mol. The van der Waals surface area contributed by atoms with Crippen LogP contribution in [0.3, 0.4) is 0 Å². The third-order valence-electron chi connectivity index (χ3n) is 2.18. The average molecular weight is 185 g/mol. The summed E-state index contributed by atoms with van der Waals surface area (Å²) < 4.78 is 15.3. The van der Waals surface area contributed by atoms with Crippen LogP contribution >= 0.6 is 0 Å². The van der Waals surface area contributed by atoms with Crippen LogP contribution in [0.2, 0.25) is 0 Å². The van der Waals surface area contributed by atoms with E-state index in [1.807, 2.05) is 0 Å². The van der Waals surface area contributed by atoms with Crippen LogP contribution in [0.25, 0.3) is 0 Å². The van der Waals surface area contributed by atoms with Crippen molar-refractivity contribution in [1.82, 2.24) is 4.90 Å². The standard InChI is InChI=1S/C7H12BNO4/c10-7-1-2-9-3-5-11-8(13-7)12-6-4-9/h1-6H2. The van der Waals surface area contributed by atoms with E-state index in [1.54, 1.807) is 0 Å². The van der Waals surface area contributed by atoms with Crippen molar-refractivity contribution in [3.63, 3.8) is 0 Å². The molecule has 5 nitrogen and oxygen atoms in total. The van der Waals surface area contributed by atoms with E-state index >= 15 is 0 Å². The molecule has 3 aliphatic rings. The second-order valence-electron chi connectivity index (χ2n) is 3.11. The van der Waals surface area contributed by atoms with Gasteiger partial charge in [0.2, 0.25) is 0 Å². The summed E-state index contributed by atoms with van der Waals surface area (Å²) in [7, 11) is -0.784. The molecule has 0 unspecified atom stereocenters. The summed E-state index contributed by atoms with van der Waals surface area (Å²) in [6.07, 6.45) is 0.420. The molecule has 0 aromatic rings. The molecule has 0 spiro atoms. The lowest BCUT2D eigenvalue weighted by atomic mass is 10.2. The van der Waals surface area contributed by atoms with Crippen molar-refractivity contribution in [2.24, 2.45) is 0 Å². The monoisotopic (exact) mass is 185 g/mol. The van der Waals surface area contributed by atoms with Crippen molar-refractivity contribution in [1.29, 1.82) is 0 Å². The van der Waals surface area contributed by atoms with E-state index in [2.05, 4.69) is 4.90 Å². The van der Waals surface area contributed by atoms with Crippen LogP contribution < -0.4 is 0 Å².